The topological polar surface area (TPSA) is 119 Å². The van der Waals surface area contributed by atoms with E-state index in [2.05, 4.69) is 12.2 Å². The number of methoxy groups -OCH3 is 1. The molecule has 1 N–H and O–H groups in total. The maximum atomic E-state index is 13.1. The number of ether oxygens (including phenoxy) is 1. The van der Waals surface area contributed by atoms with Crippen LogP contribution in [0, 0.1) is 16.0 Å². The molecule has 1 amide bonds. The lowest BCUT2D eigenvalue weighted by molar-refractivity contribution is -0.384. The largest absolute Gasteiger partial charge is 0.496 e. The van der Waals surface area contributed by atoms with Gasteiger partial charge in [0.25, 0.3) is 11.6 Å². The van der Waals surface area contributed by atoms with Crippen LogP contribution in [0.5, 0.6) is 5.75 Å². The minimum atomic E-state index is -3.78. The van der Waals surface area contributed by atoms with Gasteiger partial charge in [0.05, 0.1) is 33.2 Å². The SMILES string of the molecule is COc1ccc(S(=O)(=O)N2CCC(C)CC2)cc1C(=O)Nc1cc([N+](=O)[O-])ccc1Cl. The van der Waals surface area contributed by atoms with Crippen LogP contribution >= 0.6 is 11.6 Å². The third kappa shape index (κ3) is 4.97. The summed E-state index contributed by atoms with van der Waals surface area (Å²) in [5, 5.41) is 13.6. The number of nitrogens with zero attached hydrogens (tertiary/aromatic N) is 2. The molecule has 3 rings (SSSR count). The molecule has 1 heterocycles. The number of nitro benzene ring substituents is 1. The maximum Gasteiger partial charge on any atom is 0.271 e. The summed E-state index contributed by atoms with van der Waals surface area (Å²) in [4.78, 5) is 23.3. The number of sulfonamides is 1. The molecule has 9 nitrogen and oxygen atoms in total. The van der Waals surface area contributed by atoms with Crippen molar-refractivity contribution < 1.29 is 22.9 Å². The predicted octanol–water partition coefficient (Wildman–Crippen LogP) is 3.93. The monoisotopic (exact) mass is 467 g/mol. The van der Waals surface area contributed by atoms with Crippen LogP contribution in [0.3, 0.4) is 0 Å². The number of piperidine rings is 1. The van der Waals surface area contributed by atoms with Crippen molar-refractivity contribution in [3.05, 3.63) is 57.1 Å². The Morgan fingerprint density at radius 1 is 1.23 bits per heavy atom. The average Bonchev–Trinajstić information content (AvgIpc) is 2.74. The van der Waals surface area contributed by atoms with Gasteiger partial charge < -0.3 is 10.1 Å². The summed E-state index contributed by atoms with van der Waals surface area (Å²) in [5.41, 5.74) is -0.250. The molecule has 0 atom stereocenters. The third-order valence-corrected chi connectivity index (χ3v) is 7.43. The minimum absolute atomic E-state index is 0.0289. The van der Waals surface area contributed by atoms with E-state index in [1.165, 1.54) is 41.7 Å². The van der Waals surface area contributed by atoms with E-state index in [0.717, 1.165) is 18.9 Å². The Balaban J connectivity index is 1.93. The van der Waals surface area contributed by atoms with E-state index in [1.54, 1.807) is 0 Å². The van der Waals surface area contributed by atoms with Gasteiger partial charge in [0.15, 0.2) is 0 Å². The van der Waals surface area contributed by atoms with E-state index in [1.807, 2.05) is 0 Å². The van der Waals surface area contributed by atoms with Crippen molar-refractivity contribution in [3.8, 4) is 5.75 Å². The maximum absolute atomic E-state index is 13.1. The molecule has 0 bridgehead atoms. The Morgan fingerprint density at radius 2 is 1.90 bits per heavy atom. The second kappa shape index (κ2) is 9.21. The van der Waals surface area contributed by atoms with Crippen LogP contribution in [-0.4, -0.2) is 43.8 Å². The number of amides is 1. The molecule has 0 saturated carbocycles. The van der Waals surface area contributed by atoms with Gasteiger partial charge in [-0.05, 0) is 43.0 Å². The number of halogens is 1. The van der Waals surface area contributed by atoms with Crippen LogP contribution in [0.4, 0.5) is 11.4 Å². The number of nitro groups is 1. The highest BCUT2D eigenvalue weighted by Gasteiger charge is 2.29. The van der Waals surface area contributed by atoms with E-state index >= 15 is 0 Å². The van der Waals surface area contributed by atoms with E-state index in [4.69, 9.17) is 16.3 Å². The molecule has 2 aromatic rings. The number of carbonyl (C=O) groups excluding carboxylic acids is 1. The Labute approximate surface area is 185 Å². The van der Waals surface area contributed by atoms with Gasteiger partial charge in [0.1, 0.15) is 5.75 Å². The first kappa shape index (κ1) is 23.0. The lowest BCUT2D eigenvalue weighted by Gasteiger charge is -2.29. The smallest absolute Gasteiger partial charge is 0.271 e. The van der Waals surface area contributed by atoms with E-state index in [0.29, 0.717) is 19.0 Å². The number of hydrogen-bond donors (Lipinski definition) is 1. The van der Waals surface area contributed by atoms with Crippen LogP contribution in [0.25, 0.3) is 0 Å². The number of rotatable bonds is 6. The molecule has 0 spiro atoms. The zero-order valence-electron chi connectivity index (χ0n) is 17.0. The minimum Gasteiger partial charge on any atom is -0.496 e. The molecule has 0 unspecified atom stereocenters. The molecule has 0 aromatic heterocycles. The summed E-state index contributed by atoms with van der Waals surface area (Å²) >= 11 is 6.05. The van der Waals surface area contributed by atoms with Crippen molar-refractivity contribution in [1.82, 2.24) is 4.31 Å². The molecule has 11 heteroatoms. The molecule has 166 valence electrons. The van der Waals surface area contributed by atoms with Crippen molar-refractivity contribution in [2.45, 2.75) is 24.7 Å². The molecule has 1 aliphatic rings. The van der Waals surface area contributed by atoms with Gasteiger partial charge in [-0.25, -0.2) is 8.42 Å². The van der Waals surface area contributed by atoms with E-state index in [-0.39, 0.29) is 32.6 Å². The number of nitrogens with one attached hydrogen (secondary N) is 1. The first-order valence-electron chi connectivity index (χ1n) is 9.57. The molecule has 1 saturated heterocycles. The Morgan fingerprint density at radius 3 is 2.52 bits per heavy atom. The fraction of sp³-hybridized carbons (Fsp3) is 0.350. The zero-order valence-corrected chi connectivity index (χ0v) is 18.6. The molecular formula is C20H22ClN3O6S. The molecule has 1 fully saturated rings. The van der Waals surface area contributed by atoms with Crippen LogP contribution in [0.1, 0.15) is 30.1 Å². The standard InChI is InChI=1S/C20H22ClN3O6S/c1-13-7-9-23(10-8-13)31(28,29)15-4-6-19(30-2)16(12-15)20(25)22-18-11-14(24(26)27)3-5-17(18)21/h3-6,11-13H,7-10H2,1-2H3,(H,22,25). The quantitative estimate of drug-likeness (QED) is 0.507. The molecule has 2 aromatic carbocycles. The number of carbonyl (C=O) groups is 1. The molecule has 0 radical (unpaired) electrons. The second-order valence-electron chi connectivity index (χ2n) is 7.32. The summed E-state index contributed by atoms with van der Waals surface area (Å²) in [6.45, 7) is 2.92. The molecule has 31 heavy (non-hydrogen) atoms. The Kier molecular flexibility index (Phi) is 6.83. The van der Waals surface area contributed by atoms with Gasteiger partial charge in [-0.15, -0.1) is 0 Å². The molecular weight excluding hydrogens is 446 g/mol. The lowest BCUT2D eigenvalue weighted by Crippen LogP contribution is -2.37. The van der Waals surface area contributed by atoms with E-state index < -0.39 is 20.9 Å². The first-order chi connectivity index (χ1) is 14.6. The highest BCUT2D eigenvalue weighted by atomic mass is 35.5. The van der Waals surface area contributed by atoms with Crippen molar-refractivity contribution in [1.29, 1.82) is 0 Å². The van der Waals surface area contributed by atoms with Crippen molar-refractivity contribution in [3.63, 3.8) is 0 Å². The predicted molar refractivity (Wildman–Crippen MR) is 116 cm³/mol. The van der Waals surface area contributed by atoms with Gasteiger partial charge in [0.2, 0.25) is 10.0 Å². The van der Waals surface area contributed by atoms with Crippen LogP contribution in [-0.2, 0) is 10.0 Å². The number of anilines is 1. The van der Waals surface area contributed by atoms with Gasteiger partial charge in [-0.3, -0.25) is 14.9 Å². The Bertz CT molecular complexity index is 1110. The second-order valence-corrected chi connectivity index (χ2v) is 9.67. The van der Waals surface area contributed by atoms with Gasteiger partial charge >= 0.3 is 0 Å². The van der Waals surface area contributed by atoms with Crippen molar-refractivity contribution >= 4 is 38.9 Å². The number of benzene rings is 2. The summed E-state index contributed by atoms with van der Waals surface area (Å²) in [7, 11) is -2.43. The van der Waals surface area contributed by atoms with Crippen LogP contribution < -0.4 is 10.1 Å². The average molecular weight is 468 g/mol. The van der Waals surface area contributed by atoms with Crippen molar-refractivity contribution in [2.75, 3.05) is 25.5 Å². The Hall–Kier alpha value is -2.69. The third-order valence-electron chi connectivity index (χ3n) is 5.20. The summed E-state index contributed by atoms with van der Waals surface area (Å²) in [6, 6.07) is 7.68. The fourth-order valence-electron chi connectivity index (χ4n) is 3.31. The van der Waals surface area contributed by atoms with Gasteiger partial charge in [-0.1, -0.05) is 18.5 Å². The van der Waals surface area contributed by atoms with Gasteiger partial charge in [-0.2, -0.15) is 4.31 Å². The number of hydrogen-bond acceptors (Lipinski definition) is 6. The number of non-ortho nitro benzene ring substituents is 1. The van der Waals surface area contributed by atoms with Crippen molar-refractivity contribution in [2.24, 2.45) is 5.92 Å². The normalized spacial score (nSPS) is 15.5. The molecule has 0 aliphatic carbocycles. The van der Waals surface area contributed by atoms with Gasteiger partial charge in [0, 0.05) is 25.2 Å². The van der Waals surface area contributed by atoms with Crippen LogP contribution in [0.2, 0.25) is 5.02 Å². The van der Waals surface area contributed by atoms with E-state index in [9.17, 15) is 23.3 Å². The summed E-state index contributed by atoms with van der Waals surface area (Å²) in [5.74, 6) is -0.0860. The fourth-order valence-corrected chi connectivity index (χ4v) is 4.97. The summed E-state index contributed by atoms with van der Waals surface area (Å²) < 4.78 is 32.7. The zero-order chi connectivity index (χ0) is 22.8. The summed E-state index contributed by atoms with van der Waals surface area (Å²) in [6.07, 6.45) is 1.54. The van der Waals surface area contributed by atoms with Crippen LogP contribution in [0.15, 0.2) is 41.3 Å². The molecule has 1 aliphatic heterocycles. The lowest BCUT2D eigenvalue weighted by atomic mass is 10.0. The first-order valence-corrected chi connectivity index (χ1v) is 11.4. The highest BCUT2D eigenvalue weighted by Crippen LogP contribution is 2.30. The highest BCUT2D eigenvalue weighted by molar-refractivity contribution is 7.89.